The molecule has 3 nitrogen and oxygen atoms in total. The molecule has 1 amide bonds. The first-order valence-corrected chi connectivity index (χ1v) is 7.35. The van der Waals surface area contributed by atoms with Crippen LogP contribution in [0.5, 0.6) is 0 Å². The van der Waals surface area contributed by atoms with Crippen molar-refractivity contribution in [2.45, 2.75) is 36.7 Å². The Bertz CT molecular complexity index is 405. The fourth-order valence-electron chi connectivity index (χ4n) is 2.37. The van der Waals surface area contributed by atoms with Crippen LogP contribution in [0.15, 0.2) is 24.3 Å². The highest BCUT2D eigenvalue weighted by Gasteiger charge is 2.28. The van der Waals surface area contributed by atoms with Crippen molar-refractivity contribution in [3.63, 3.8) is 0 Å². The predicted molar refractivity (Wildman–Crippen MR) is 75.0 cm³/mol. The van der Waals surface area contributed by atoms with Crippen molar-refractivity contribution >= 4 is 21.8 Å². The Kier molecular flexibility index (Phi) is 4.78. The first-order chi connectivity index (χ1) is 8.74. The molecule has 1 fully saturated rings. The maximum absolute atomic E-state index is 12.1. The number of rotatable bonds is 4. The number of methoxy groups -OCH3 is 1. The van der Waals surface area contributed by atoms with Crippen molar-refractivity contribution in [3.05, 3.63) is 35.4 Å². The molecule has 4 heteroatoms. The Morgan fingerprint density at radius 1 is 1.39 bits per heavy atom. The third-order valence-electron chi connectivity index (χ3n) is 3.44. The molecule has 0 saturated heterocycles. The van der Waals surface area contributed by atoms with Gasteiger partial charge in [0, 0.05) is 18.0 Å². The number of nitrogens with one attached hydrogen (secondary N) is 1. The molecule has 2 unspecified atom stereocenters. The van der Waals surface area contributed by atoms with Crippen molar-refractivity contribution < 1.29 is 9.53 Å². The summed E-state index contributed by atoms with van der Waals surface area (Å²) in [5.74, 6) is -0.00919. The Morgan fingerprint density at radius 2 is 2.11 bits per heavy atom. The lowest BCUT2D eigenvalue weighted by Gasteiger charge is -2.19. The zero-order valence-electron chi connectivity index (χ0n) is 10.5. The van der Waals surface area contributed by atoms with Gasteiger partial charge in [-0.2, -0.15) is 0 Å². The van der Waals surface area contributed by atoms with E-state index in [0.717, 1.165) is 24.6 Å². The lowest BCUT2D eigenvalue weighted by molar-refractivity contribution is 0.0722. The molecule has 1 aromatic carbocycles. The summed E-state index contributed by atoms with van der Waals surface area (Å²) in [6, 6.07) is 7.81. The van der Waals surface area contributed by atoms with E-state index >= 15 is 0 Å². The Balaban J connectivity index is 1.98. The molecule has 1 aromatic rings. The maximum Gasteiger partial charge on any atom is 0.251 e. The van der Waals surface area contributed by atoms with Gasteiger partial charge in [-0.05, 0) is 37.0 Å². The van der Waals surface area contributed by atoms with Crippen LogP contribution in [-0.2, 0) is 10.1 Å². The zero-order chi connectivity index (χ0) is 13.0. The number of amides is 1. The van der Waals surface area contributed by atoms with Crippen LogP contribution in [0, 0.1) is 0 Å². The molecular weight excluding hydrogens is 294 g/mol. The summed E-state index contributed by atoms with van der Waals surface area (Å²) in [5, 5.41) is 3.87. The van der Waals surface area contributed by atoms with E-state index in [1.54, 1.807) is 7.11 Å². The SMILES string of the molecule is COC1CCCC1NC(=O)c1ccc(CBr)cc1. The molecule has 1 saturated carbocycles. The van der Waals surface area contributed by atoms with Gasteiger partial charge in [0.25, 0.3) is 5.91 Å². The molecule has 0 bridgehead atoms. The van der Waals surface area contributed by atoms with Gasteiger partial charge < -0.3 is 10.1 Å². The molecule has 0 aromatic heterocycles. The summed E-state index contributed by atoms with van der Waals surface area (Å²) < 4.78 is 5.38. The summed E-state index contributed by atoms with van der Waals surface area (Å²) in [5.41, 5.74) is 1.88. The van der Waals surface area contributed by atoms with Gasteiger partial charge in [-0.3, -0.25) is 4.79 Å². The quantitative estimate of drug-likeness (QED) is 0.868. The molecule has 98 valence electrons. The van der Waals surface area contributed by atoms with Crippen LogP contribution >= 0.6 is 15.9 Å². The van der Waals surface area contributed by atoms with Gasteiger partial charge in [0.2, 0.25) is 0 Å². The number of carbonyl (C=O) groups excluding carboxylic acids is 1. The van der Waals surface area contributed by atoms with Crippen LogP contribution < -0.4 is 5.32 Å². The molecular formula is C14H18BrNO2. The van der Waals surface area contributed by atoms with Crippen molar-refractivity contribution in [2.24, 2.45) is 0 Å². The van der Waals surface area contributed by atoms with Gasteiger partial charge in [-0.25, -0.2) is 0 Å². The molecule has 1 N–H and O–H groups in total. The summed E-state index contributed by atoms with van der Waals surface area (Å²) in [6.45, 7) is 0. The van der Waals surface area contributed by atoms with Gasteiger partial charge >= 0.3 is 0 Å². The fourth-order valence-corrected chi connectivity index (χ4v) is 2.74. The van der Waals surface area contributed by atoms with Crippen molar-refractivity contribution in [2.75, 3.05) is 7.11 Å². The predicted octanol–water partition coefficient (Wildman–Crippen LogP) is 2.88. The minimum Gasteiger partial charge on any atom is -0.379 e. The highest BCUT2D eigenvalue weighted by Crippen LogP contribution is 2.21. The summed E-state index contributed by atoms with van der Waals surface area (Å²) in [4.78, 5) is 12.1. The van der Waals surface area contributed by atoms with Gasteiger partial charge in [-0.15, -0.1) is 0 Å². The van der Waals surface area contributed by atoms with Crippen LogP contribution in [0.2, 0.25) is 0 Å². The van der Waals surface area contributed by atoms with Crippen LogP contribution in [0.3, 0.4) is 0 Å². The maximum atomic E-state index is 12.1. The molecule has 1 aliphatic rings. The summed E-state index contributed by atoms with van der Waals surface area (Å²) in [7, 11) is 1.71. The lowest BCUT2D eigenvalue weighted by atomic mass is 10.1. The average molecular weight is 312 g/mol. The standard InChI is InChI=1S/C14H18BrNO2/c1-18-13-4-2-3-12(13)16-14(17)11-7-5-10(9-15)6-8-11/h5-8,12-13H,2-4,9H2,1H3,(H,16,17). The Hall–Kier alpha value is -0.870. The van der Waals surface area contributed by atoms with Gasteiger partial charge in [-0.1, -0.05) is 28.1 Å². The summed E-state index contributed by atoms with van der Waals surface area (Å²) in [6.07, 6.45) is 3.32. The first kappa shape index (κ1) is 13.6. The Morgan fingerprint density at radius 3 is 2.72 bits per heavy atom. The van der Waals surface area contributed by atoms with Crippen LogP contribution in [0.1, 0.15) is 35.2 Å². The molecule has 0 aliphatic heterocycles. The molecule has 1 aliphatic carbocycles. The number of alkyl halides is 1. The topological polar surface area (TPSA) is 38.3 Å². The number of carbonyl (C=O) groups is 1. The minimum absolute atomic E-state index is 0.00919. The van der Waals surface area contributed by atoms with Gasteiger partial charge in [0.05, 0.1) is 12.1 Å². The largest absolute Gasteiger partial charge is 0.379 e. The Labute approximate surface area is 116 Å². The van der Waals surface area contributed by atoms with Crippen LogP contribution in [0.4, 0.5) is 0 Å². The lowest BCUT2D eigenvalue weighted by Crippen LogP contribution is -2.40. The van der Waals surface area contributed by atoms with E-state index in [4.69, 9.17) is 4.74 Å². The van der Waals surface area contributed by atoms with Crippen LogP contribution in [-0.4, -0.2) is 25.2 Å². The smallest absolute Gasteiger partial charge is 0.251 e. The average Bonchev–Trinajstić information content (AvgIpc) is 2.86. The second-order valence-electron chi connectivity index (χ2n) is 4.62. The molecule has 0 spiro atoms. The molecule has 0 radical (unpaired) electrons. The van der Waals surface area contributed by atoms with E-state index in [-0.39, 0.29) is 18.1 Å². The van der Waals surface area contributed by atoms with E-state index in [2.05, 4.69) is 21.2 Å². The van der Waals surface area contributed by atoms with E-state index < -0.39 is 0 Å². The zero-order valence-corrected chi connectivity index (χ0v) is 12.1. The second-order valence-corrected chi connectivity index (χ2v) is 5.18. The van der Waals surface area contributed by atoms with Crippen LogP contribution in [0.25, 0.3) is 0 Å². The molecule has 2 rings (SSSR count). The number of ether oxygens (including phenoxy) is 1. The van der Waals surface area contributed by atoms with Crippen molar-refractivity contribution in [1.29, 1.82) is 0 Å². The summed E-state index contributed by atoms with van der Waals surface area (Å²) >= 11 is 3.39. The highest BCUT2D eigenvalue weighted by molar-refractivity contribution is 9.08. The van der Waals surface area contributed by atoms with Crippen molar-refractivity contribution in [3.8, 4) is 0 Å². The second kappa shape index (κ2) is 6.34. The highest BCUT2D eigenvalue weighted by atomic mass is 79.9. The molecule has 0 heterocycles. The fraction of sp³-hybridized carbons (Fsp3) is 0.500. The number of halogens is 1. The third kappa shape index (κ3) is 3.12. The number of hydrogen-bond acceptors (Lipinski definition) is 2. The number of hydrogen-bond donors (Lipinski definition) is 1. The normalized spacial score (nSPS) is 23.0. The van der Waals surface area contributed by atoms with E-state index in [1.165, 1.54) is 5.56 Å². The van der Waals surface area contributed by atoms with E-state index in [9.17, 15) is 4.79 Å². The third-order valence-corrected chi connectivity index (χ3v) is 4.09. The molecule has 2 atom stereocenters. The van der Waals surface area contributed by atoms with Crippen molar-refractivity contribution in [1.82, 2.24) is 5.32 Å². The molecule has 18 heavy (non-hydrogen) atoms. The monoisotopic (exact) mass is 311 g/mol. The van der Waals surface area contributed by atoms with Gasteiger partial charge in [0.1, 0.15) is 0 Å². The van der Waals surface area contributed by atoms with Gasteiger partial charge in [0.15, 0.2) is 0 Å². The number of benzene rings is 1. The first-order valence-electron chi connectivity index (χ1n) is 6.23. The minimum atomic E-state index is -0.00919. The van der Waals surface area contributed by atoms with E-state index in [0.29, 0.717) is 5.56 Å². The van der Waals surface area contributed by atoms with E-state index in [1.807, 2.05) is 24.3 Å².